The number of carboxylic acid groups (broad SMARTS) is 1. The van der Waals surface area contributed by atoms with Gasteiger partial charge in [0.05, 0.1) is 5.69 Å². The van der Waals surface area contributed by atoms with Crippen molar-refractivity contribution in [1.82, 2.24) is 4.31 Å². The number of aliphatic carboxylic acids is 1. The maximum Gasteiger partial charge on any atom is 0.322 e. The Kier molecular flexibility index (Phi) is 3.77. The number of carbonyl (C=O) groups is 1. The van der Waals surface area contributed by atoms with Gasteiger partial charge >= 0.3 is 5.97 Å². The van der Waals surface area contributed by atoms with Crippen LogP contribution in [0.5, 0.6) is 0 Å². The minimum atomic E-state index is -3.86. The first kappa shape index (κ1) is 13.8. The van der Waals surface area contributed by atoms with Crippen molar-refractivity contribution in [3.63, 3.8) is 0 Å². The monoisotopic (exact) mass is 284 g/mol. The molecule has 1 saturated heterocycles. The highest BCUT2D eigenvalue weighted by molar-refractivity contribution is 7.89. The molecule has 0 aromatic heterocycles. The SMILES string of the molecule is Nc1ccccc1S(=O)(=O)N1CCCCC1C(=O)O. The number of piperidine rings is 1. The maximum atomic E-state index is 12.5. The third kappa shape index (κ3) is 2.57. The molecule has 1 aromatic carbocycles. The van der Waals surface area contributed by atoms with Crippen LogP contribution in [0.25, 0.3) is 0 Å². The van der Waals surface area contributed by atoms with Crippen LogP contribution in [0.4, 0.5) is 5.69 Å². The second kappa shape index (κ2) is 5.18. The summed E-state index contributed by atoms with van der Waals surface area (Å²) in [6.45, 7) is 0.216. The molecule has 19 heavy (non-hydrogen) atoms. The minimum absolute atomic E-state index is 0.0249. The van der Waals surface area contributed by atoms with Gasteiger partial charge in [-0.15, -0.1) is 0 Å². The van der Waals surface area contributed by atoms with E-state index in [4.69, 9.17) is 10.8 Å². The molecule has 6 nitrogen and oxygen atoms in total. The smallest absolute Gasteiger partial charge is 0.322 e. The number of nitrogens with zero attached hydrogens (tertiary/aromatic N) is 1. The molecule has 3 N–H and O–H groups in total. The van der Waals surface area contributed by atoms with E-state index < -0.39 is 22.0 Å². The fourth-order valence-electron chi connectivity index (χ4n) is 2.28. The highest BCUT2D eigenvalue weighted by atomic mass is 32.2. The molecule has 0 spiro atoms. The molecular weight excluding hydrogens is 268 g/mol. The Morgan fingerprint density at radius 2 is 2.00 bits per heavy atom. The number of nitrogen functional groups attached to an aromatic ring is 1. The zero-order chi connectivity index (χ0) is 14.0. The van der Waals surface area contributed by atoms with E-state index in [2.05, 4.69) is 0 Å². The first-order chi connectivity index (χ1) is 8.94. The van der Waals surface area contributed by atoms with Crippen LogP contribution in [0.3, 0.4) is 0 Å². The predicted molar refractivity (Wildman–Crippen MR) is 70.0 cm³/mol. The zero-order valence-corrected chi connectivity index (χ0v) is 11.1. The second-order valence-corrected chi connectivity index (χ2v) is 6.36. The molecule has 1 unspecified atom stereocenters. The fourth-order valence-corrected chi connectivity index (χ4v) is 4.05. The van der Waals surface area contributed by atoms with Gasteiger partial charge in [-0.05, 0) is 31.4 Å². The number of carboxylic acids is 1. The quantitative estimate of drug-likeness (QED) is 0.803. The lowest BCUT2D eigenvalue weighted by Gasteiger charge is -2.32. The molecule has 104 valence electrons. The Balaban J connectivity index is 2.43. The van der Waals surface area contributed by atoms with E-state index in [1.54, 1.807) is 12.1 Å². The molecule has 1 fully saturated rings. The molecule has 0 bridgehead atoms. The summed E-state index contributed by atoms with van der Waals surface area (Å²) in [5, 5.41) is 9.15. The number of nitrogens with two attached hydrogens (primary N) is 1. The molecule has 1 aliphatic rings. The average Bonchev–Trinajstić information content (AvgIpc) is 2.39. The summed E-state index contributed by atoms with van der Waals surface area (Å²) >= 11 is 0. The molecule has 2 rings (SSSR count). The Bertz CT molecular complexity index is 585. The number of hydrogen-bond donors (Lipinski definition) is 2. The van der Waals surface area contributed by atoms with E-state index in [0.29, 0.717) is 19.3 Å². The Hall–Kier alpha value is -1.60. The van der Waals surface area contributed by atoms with Gasteiger partial charge in [0.1, 0.15) is 10.9 Å². The zero-order valence-electron chi connectivity index (χ0n) is 10.3. The van der Waals surface area contributed by atoms with Gasteiger partial charge in [-0.3, -0.25) is 4.79 Å². The first-order valence-corrected chi connectivity index (χ1v) is 7.48. The lowest BCUT2D eigenvalue weighted by atomic mass is 10.1. The van der Waals surface area contributed by atoms with Gasteiger partial charge in [0.25, 0.3) is 0 Å². The average molecular weight is 284 g/mol. The van der Waals surface area contributed by atoms with Crippen molar-refractivity contribution in [2.24, 2.45) is 0 Å². The molecule has 0 amide bonds. The molecule has 1 aromatic rings. The fraction of sp³-hybridized carbons (Fsp3) is 0.417. The predicted octanol–water partition coefficient (Wildman–Crippen LogP) is 0.897. The van der Waals surface area contributed by atoms with Crippen LogP contribution in [-0.4, -0.2) is 36.4 Å². The Labute approximate surface area is 111 Å². The number of rotatable bonds is 3. The Morgan fingerprint density at radius 3 is 2.63 bits per heavy atom. The third-order valence-corrected chi connectivity index (χ3v) is 5.23. The van der Waals surface area contributed by atoms with Gasteiger partial charge in [-0.1, -0.05) is 12.1 Å². The topological polar surface area (TPSA) is 101 Å². The van der Waals surface area contributed by atoms with Crippen molar-refractivity contribution >= 4 is 21.7 Å². The highest BCUT2D eigenvalue weighted by Crippen LogP contribution is 2.28. The van der Waals surface area contributed by atoms with Crippen LogP contribution in [0.1, 0.15) is 19.3 Å². The van der Waals surface area contributed by atoms with Gasteiger partial charge in [-0.2, -0.15) is 4.31 Å². The number of sulfonamides is 1. The second-order valence-electron chi connectivity index (χ2n) is 4.50. The molecule has 0 radical (unpaired) electrons. The van der Waals surface area contributed by atoms with Gasteiger partial charge in [0.15, 0.2) is 0 Å². The summed E-state index contributed by atoms with van der Waals surface area (Å²) in [5.74, 6) is -1.11. The first-order valence-electron chi connectivity index (χ1n) is 6.04. The molecule has 7 heteroatoms. The van der Waals surface area contributed by atoms with Crippen molar-refractivity contribution in [3.05, 3.63) is 24.3 Å². The summed E-state index contributed by atoms with van der Waals surface area (Å²) in [6.07, 6.45) is 1.71. The number of hydrogen-bond acceptors (Lipinski definition) is 4. The molecule has 1 atom stereocenters. The van der Waals surface area contributed by atoms with Gasteiger partial charge in [0.2, 0.25) is 10.0 Å². The molecule has 0 saturated carbocycles. The van der Waals surface area contributed by atoms with Crippen LogP contribution < -0.4 is 5.73 Å². The van der Waals surface area contributed by atoms with Crippen molar-refractivity contribution in [3.8, 4) is 0 Å². The number of benzene rings is 1. The van der Waals surface area contributed by atoms with Crippen LogP contribution >= 0.6 is 0 Å². The summed E-state index contributed by atoms with van der Waals surface area (Å²) in [4.78, 5) is 11.2. The standard InChI is InChI=1S/C12H16N2O4S/c13-9-5-1-2-7-11(9)19(17,18)14-8-4-3-6-10(14)12(15)16/h1-2,5,7,10H,3-4,6,8,13H2,(H,15,16). The van der Waals surface area contributed by atoms with E-state index in [9.17, 15) is 13.2 Å². The van der Waals surface area contributed by atoms with Crippen molar-refractivity contribution in [2.45, 2.75) is 30.2 Å². The van der Waals surface area contributed by atoms with Crippen LogP contribution in [0.2, 0.25) is 0 Å². The van der Waals surface area contributed by atoms with Crippen molar-refractivity contribution in [1.29, 1.82) is 0 Å². The summed E-state index contributed by atoms with van der Waals surface area (Å²) in [6, 6.07) is 5.10. The van der Waals surface area contributed by atoms with E-state index >= 15 is 0 Å². The summed E-state index contributed by atoms with van der Waals surface area (Å²) in [5.41, 5.74) is 5.82. The number of para-hydroxylation sites is 1. The Morgan fingerprint density at radius 1 is 1.32 bits per heavy atom. The van der Waals surface area contributed by atoms with Crippen molar-refractivity contribution < 1.29 is 18.3 Å². The third-order valence-electron chi connectivity index (χ3n) is 3.24. The van der Waals surface area contributed by atoms with Crippen LogP contribution in [0.15, 0.2) is 29.2 Å². The lowest BCUT2D eigenvalue weighted by molar-refractivity contribution is -0.142. The normalized spacial score (nSPS) is 21.2. The molecule has 1 heterocycles. The number of anilines is 1. The summed E-state index contributed by atoms with van der Waals surface area (Å²) in [7, 11) is -3.86. The van der Waals surface area contributed by atoms with Crippen LogP contribution in [0, 0.1) is 0 Å². The van der Waals surface area contributed by atoms with Crippen molar-refractivity contribution in [2.75, 3.05) is 12.3 Å². The summed E-state index contributed by atoms with van der Waals surface area (Å²) < 4.78 is 26.1. The van der Waals surface area contributed by atoms with E-state index in [1.165, 1.54) is 12.1 Å². The molecule has 0 aliphatic carbocycles. The molecule has 1 aliphatic heterocycles. The van der Waals surface area contributed by atoms with Gasteiger partial charge in [-0.25, -0.2) is 8.42 Å². The van der Waals surface area contributed by atoms with Gasteiger partial charge < -0.3 is 10.8 Å². The van der Waals surface area contributed by atoms with E-state index in [-0.39, 0.29) is 17.1 Å². The van der Waals surface area contributed by atoms with E-state index in [0.717, 1.165) is 4.31 Å². The molecular formula is C12H16N2O4S. The maximum absolute atomic E-state index is 12.5. The largest absolute Gasteiger partial charge is 0.480 e. The van der Waals surface area contributed by atoms with Gasteiger partial charge in [0, 0.05) is 6.54 Å². The van der Waals surface area contributed by atoms with E-state index in [1.807, 2.05) is 0 Å². The highest BCUT2D eigenvalue weighted by Gasteiger charge is 2.38. The lowest BCUT2D eigenvalue weighted by Crippen LogP contribution is -2.47. The minimum Gasteiger partial charge on any atom is -0.480 e. The van der Waals surface area contributed by atoms with Crippen LogP contribution in [-0.2, 0) is 14.8 Å².